The van der Waals surface area contributed by atoms with Crippen molar-refractivity contribution < 1.29 is 27.5 Å². The minimum atomic E-state index is -4.58. The van der Waals surface area contributed by atoms with E-state index >= 15 is 0 Å². The fraction of sp³-hybridized carbons (Fsp3) is 0.158. The minimum Gasteiger partial charge on any atom is -0.465 e. The number of halogens is 3. The molecule has 140 valence electrons. The van der Waals surface area contributed by atoms with Crippen LogP contribution in [0.3, 0.4) is 0 Å². The zero-order valence-corrected chi connectivity index (χ0v) is 14.2. The lowest BCUT2D eigenvalue weighted by Crippen LogP contribution is -2.20. The molecule has 0 radical (unpaired) electrons. The van der Waals surface area contributed by atoms with Crippen molar-refractivity contribution in [2.24, 2.45) is 0 Å². The summed E-state index contributed by atoms with van der Waals surface area (Å²) in [6, 6.07) is 11.6. The Morgan fingerprint density at radius 1 is 1.07 bits per heavy atom. The Labute approximate surface area is 152 Å². The number of anilines is 1. The van der Waals surface area contributed by atoms with Gasteiger partial charge in [-0.05, 0) is 18.2 Å². The maximum atomic E-state index is 13.1. The lowest BCUT2D eigenvalue weighted by molar-refractivity contribution is -0.137. The predicted molar refractivity (Wildman–Crippen MR) is 93.4 cm³/mol. The van der Waals surface area contributed by atoms with E-state index in [4.69, 9.17) is 4.74 Å². The van der Waals surface area contributed by atoms with Crippen LogP contribution in [0.25, 0.3) is 10.9 Å². The Hall–Kier alpha value is -3.29. The molecule has 0 aliphatic rings. The van der Waals surface area contributed by atoms with Crippen molar-refractivity contribution in [3.63, 3.8) is 0 Å². The molecule has 1 aromatic heterocycles. The molecule has 1 heterocycles. The quantitative estimate of drug-likeness (QED) is 0.698. The Balaban J connectivity index is 1.89. The number of methoxy groups -OCH3 is 1. The van der Waals surface area contributed by atoms with Crippen molar-refractivity contribution >= 4 is 28.5 Å². The molecule has 0 fully saturated rings. The summed E-state index contributed by atoms with van der Waals surface area (Å²) in [5.41, 5.74) is -0.376. The normalized spacial score (nSPS) is 11.4. The number of para-hydroxylation sites is 2. The molecule has 1 amide bonds. The second-order valence-electron chi connectivity index (χ2n) is 5.77. The Bertz CT molecular complexity index is 1010. The molecule has 1 N–H and O–H groups in total. The van der Waals surface area contributed by atoms with Gasteiger partial charge >= 0.3 is 12.1 Å². The average Bonchev–Trinajstić information content (AvgIpc) is 2.99. The van der Waals surface area contributed by atoms with Crippen LogP contribution in [0.15, 0.2) is 54.7 Å². The molecule has 0 saturated heterocycles. The second-order valence-corrected chi connectivity index (χ2v) is 5.77. The van der Waals surface area contributed by atoms with Gasteiger partial charge in [0.2, 0.25) is 5.91 Å². The number of fused-ring (bicyclic) bond motifs is 1. The summed E-state index contributed by atoms with van der Waals surface area (Å²) in [6.07, 6.45) is -3.13. The summed E-state index contributed by atoms with van der Waals surface area (Å²) >= 11 is 0. The highest BCUT2D eigenvalue weighted by Crippen LogP contribution is 2.34. The van der Waals surface area contributed by atoms with E-state index in [1.807, 2.05) is 0 Å². The first-order chi connectivity index (χ1) is 12.8. The number of nitrogens with one attached hydrogen (secondary N) is 1. The third kappa shape index (κ3) is 3.79. The van der Waals surface area contributed by atoms with Crippen LogP contribution in [0, 0.1) is 0 Å². The molecule has 0 atom stereocenters. The van der Waals surface area contributed by atoms with Crippen LogP contribution < -0.4 is 5.32 Å². The number of nitrogens with zero attached hydrogens (tertiary/aromatic N) is 1. The first-order valence-corrected chi connectivity index (χ1v) is 7.93. The number of hydrogen-bond donors (Lipinski definition) is 1. The lowest BCUT2D eigenvalue weighted by Gasteiger charge is -2.14. The topological polar surface area (TPSA) is 60.3 Å². The maximum Gasteiger partial charge on any atom is 0.418 e. The van der Waals surface area contributed by atoms with Crippen LogP contribution in [0.5, 0.6) is 0 Å². The van der Waals surface area contributed by atoms with Crippen LogP contribution in [0.1, 0.15) is 15.9 Å². The van der Waals surface area contributed by atoms with Gasteiger partial charge in [-0.15, -0.1) is 0 Å². The van der Waals surface area contributed by atoms with E-state index in [0.29, 0.717) is 10.9 Å². The minimum absolute atomic E-state index is 0.260. The van der Waals surface area contributed by atoms with Gasteiger partial charge in [0.05, 0.1) is 23.9 Å². The summed E-state index contributed by atoms with van der Waals surface area (Å²) in [4.78, 5) is 24.2. The number of carbonyl (C=O) groups is 2. The zero-order chi connectivity index (χ0) is 19.6. The third-order valence-corrected chi connectivity index (χ3v) is 4.01. The number of alkyl halides is 3. The summed E-state index contributed by atoms with van der Waals surface area (Å²) in [5.74, 6) is -1.21. The van der Waals surface area contributed by atoms with Crippen molar-refractivity contribution in [2.45, 2.75) is 12.7 Å². The Kier molecular flexibility index (Phi) is 4.89. The van der Waals surface area contributed by atoms with E-state index < -0.39 is 23.6 Å². The molecular weight excluding hydrogens is 361 g/mol. The summed E-state index contributed by atoms with van der Waals surface area (Å²) in [5, 5.41) is 2.88. The average molecular weight is 376 g/mol. The molecule has 0 aliphatic heterocycles. The largest absolute Gasteiger partial charge is 0.465 e. The number of carbonyl (C=O) groups excluding carboxylic acids is 2. The first kappa shape index (κ1) is 18.5. The highest BCUT2D eigenvalue weighted by molar-refractivity contribution is 6.05. The van der Waals surface area contributed by atoms with Gasteiger partial charge in [-0.2, -0.15) is 13.2 Å². The van der Waals surface area contributed by atoms with Gasteiger partial charge in [-0.3, -0.25) is 4.79 Å². The van der Waals surface area contributed by atoms with Crippen LogP contribution in [-0.2, 0) is 22.3 Å². The first-order valence-electron chi connectivity index (χ1n) is 7.93. The predicted octanol–water partition coefficient (Wildman–Crippen LogP) is 4.09. The van der Waals surface area contributed by atoms with Gasteiger partial charge < -0.3 is 14.6 Å². The molecule has 0 aliphatic carbocycles. The standard InChI is InChI=1S/C19H15F3N2O3/c1-27-18(26)13-10-24(16-9-5-2-6-12(13)16)11-17(25)23-15-8-4-3-7-14(15)19(20,21)22/h2-10H,11H2,1H3,(H,23,25). The Morgan fingerprint density at radius 2 is 1.74 bits per heavy atom. The van der Waals surface area contributed by atoms with Crippen molar-refractivity contribution in [3.8, 4) is 0 Å². The number of aromatic nitrogens is 1. The third-order valence-electron chi connectivity index (χ3n) is 4.01. The van der Waals surface area contributed by atoms with E-state index in [9.17, 15) is 22.8 Å². The number of benzene rings is 2. The molecule has 2 aromatic carbocycles. The summed E-state index contributed by atoms with van der Waals surface area (Å²) < 4.78 is 45.4. The zero-order valence-electron chi connectivity index (χ0n) is 14.2. The van der Waals surface area contributed by atoms with E-state index in [-0.39, 0.29) is 17.8 Å². The fourth-order valence-corrected chi connectivity index (χ4v) is 2.83. The van der Waals surface area contributed by atoms with Gasteiger partial charge in [-0.1, -0.05) is 30.3 Å². The van der Waals surface area contributed by atoms with Crippen molar-refractivity contribution in [3.05, 3.63) is 65.9 Å². The number of hydrogen-bond acceptors (Lipinski definition) is 3. The van der Waals surface area contributed by atoms with Gasteiger partial charge in [0.15, 0.2) is 0 Å². The number of amides is 1. The van der Waals surface area contributed by atoms with E-state index in [1.54, 1.807) is 24.3 Å². The molecule has 0 bridgehead atoms. The number of rotatable bonds is 4. The van der Waals surface area contributed by atoms with Crippen LogP contribution in [-0.4, -0.2) is 23.6 Å². The van der Waals surface area contributed by atoms with Crippen LogP contribution in [0.4, 0.5) is 18.9 Å². The van der Waals surface area contributed by atoms with Crippen molar-refractivity contribution in [2.75, 3.05) is 12.4 Å². The van der Waals surface area contributed by atoms with Crippen LogP contribution >= 0.6 is 0 Å². The fourth-order valence-electron chi connectivity index (χ4n) is 2.83. The van der Waals surface area contributed by atoms with Gasteiger partial charge in [0.1, 0.15) is 6.54 Å². The van der Waals surface area contributed by atoms with Crippen molar-refractivity contribution in [1.29, 1.82) is 0 Å². The second kappa shape index (κ2) is 7.14. The van der Waals surface area contributed by atoms with E-state index in [0.717, 1.165) is 6.07 Å². The summed E-state index contributed by atoms with van der Waals surface area (Å²) in [6.45, 7) is -0.260. The van der Waals surface area contributed by atoms with E-state index in [2.05, 4.69) is 5.32 Å². The molecule has 5 nitrogen and oxygen atoms in total. The Morgan fingerprint density at radius 3 is 2.44 bits per heavy atom. The molecule has 3 rings (SSSR count). The molecule has 3 aromatic rings. The number of ether oxygens (including phenoxy) is 1. The molecule has 8 heteroatoms. The lowest BCUT2D eigenvalue weighted by atomic mass is 10.1. The monoisotopic (exact) mass is 376 g/mol. The molecule has 27 heavy (non-hydrogen) atoms. The maximum absolute atomic E-state index is 13.1. The molecule has 0 spiro atoms. The number of esters is 1. The highest BCUT2D eigenvalue weighted by Gasteiger charge is 2.33. The molecular formula is C19H15F3N2O3. The summed E-state index contributed by atoms with van der Waals surface area (Å²) in [7, 11) is 1.25. The molecule has 0 unspecified atom stereocenters. The van der Waals surface area contributed by atoms with Crippen LogP contribution in [0.2, 0.25) is 0 Å². The van der Waals surface area contributed by atoms with Gasteiger partial charge in [-0.25, -0.2) is 4.79 Å². The molecule has 0 saturated carbocycles. The van der Waals surface area contributed by atoms with Crippen molar-refractivity contribution in [1.82, 2.24) is 4.57 Å². The van der Waals surface area contributed by atoms with Gasteiger partial charge in [0.25, 0.3) is 0 Å². The highest BCUT2D eigenvalue weighted by atomic mass is 19.4. The SMILES string of the molecule is COC(=O)c1cn(CC(=O)Nc2ccccc2C(F)(F)F)c2ccccc12. The van der Waals surface area contributed by atoms with E-state index in [1.165, 1.54) is 36.1 Å². The van der Waals surface area contributed by atoms with Gasteiger partial charge in [0, 0.05) is 17.1 Å². The smallest absolute Gasteiger partial charge is 0.418 e.